The van der Waals surface area contributed by atoms with E-state index in [1.54, 1.807) is 6.08 Å². The third kappa shape index (κ3) is 66.6. The van der Waals surface area contributed by atoms with Crippen molar-refractivity contribution < 1.29 is 24.5 Å². The van der Waals surface area contributed by atoms with Gasteiger partial charge >= 0.3 is 5.97 Å². The van der Waals surface area contributed by atoms with Crippen LogP contribution in [0.5, 0.6) is 0 Å². The van der Waals surface area contributed by atoms with E-state index in [-0.39, 0.29) is 18.5 Å². The van der Waals surface area contributed by atoms with Crippen LogP contribution < -0.4 is 5.32 Å². The molecule has 0 radical (unpaired) electrons. The van der Waals surface area contributed by atoms with Crippen molar-refractivity contribution in [3.8, 4) is 0 Å². The number of rotatable bonds is 67. The van der Waals surface area contributed by atoms with Crippen molar-refractivity contribution in [3.63, 3.8) is 0 Å². The second kappa shape index (κ2) is 70.0. The van der Waals surface area contributed by atoms with Gasteiger partial charge in [0.05, 0.1) is 25.4 Å². The Kier molecular flexibility index (Phi) is 67.9. The Labute approximate surface area is 505 Å². The lowest BCUT2D eigenvalue weighted by Gasteiger charge is -2.20. The molecule has 6 heteroatoms. The summed E-state index contributed by atoms with van der Waals surface area (Å²) in [7, 11) is 0. The SMILES string of the molecule is CCCCCC/C=C\C/C=C\CCCCCCCCCC(=O)OCCCCCCCCCCC/C=C\C/C=C\CCCCCCCCCCCCCCCCCCCC(=O)NC(CO)C(O)/C=C/CCCCCCCCCCCCC. The third-order valence-corrected chi connectivity index (χ3v) is 16.5. The molecule has 0 aliphatic heterocycles. The molecule has 0 aromatic carbocycles. The first-order valence-corrected chi connectivity index (χ1v) is 36.1. The number of carbonyl (C=O) groups is 2. The van der Waals surface area contributed by atoms with Crippen LogP contribution in [0.1, 0.15) is 380 Å². The van der Waals surface area contributed by atoms with Crippen LogP contribution in [0, 0.1) is 0 Å². The summed E-state index contributed by atoms with van der Waals surface area (Å²) in [5.41, 5.74) is 0. The molecule has 0 aliphatic rings. The zero-order valence-corrected chi connectivity index (χ0v) is 54.3. The summed E-state index contributed by atoms with van der Waals surface area (Å²) >= 11 is 0. The van der Waals surface area contributed by atoms with Crippen molar-refractivity contribution in [2.75, 3.05) is 13.2 Å². The van der Waals surface area contributed by atoms with Crippen molar-refractivity contribution >= 4 is 11.9 Å². The quantitative estimate of drug-likeness (QED) is 0.0320. The number of hydrogen-bond donors (Lipinski definition) is 3. The molecule has 6 nitrogen and oxygen atoms in total. The predicted molar refractivity (Wildman–Crippen MR) is 356 cm³/mol. The van der Waals surface area contributed by atoms with Crippen LogP contribution in [0.3, 0.4) is 0 Å². The van der Waals surface area contributed by atoms with Crippen molar-refractivity contribution in [3.05, 3.63) is 60.8 Å². The number of nitrogens with one attached hydrogen (secondary N) is 1. The molecule has 81 heavy (non-hydrogen) atoms. The van der Waals surface area contributed by atoms with Crippen LogP contribution in [0.4, 0.5) is 0 Å². The number of unbranched alkanes of at least 4 members (excludes halogenated alkanes) is 48. The Bertz CT molecular complexity index is 1400. The number of ether oxygens (including phenoxy) is 1. The molecule has 0 saturated carbocycles. The zero-order chi connectivity index (χ0) is 58.5. The number of aliphatic hydroxyl groups is 2. The molecule has 0 heterocycles. The molecule has 0 aliphatic carbocycles. The molecular formula is C75H139NO5. The first kappa shape index (κ1) is 78.6. The Balaban J connectivity index is 3.39. The maximum Gasteiger partial charge on any atom is 0.305 e. The number of carbonyl (C=O) groups excluding carboxylic acids is 2. The summed E-state index contributed by atoms with van der Waals surface area (Å²) in [6.07, 6.45) is 93.1. The number of esters is 1. The van der Waals surface area contributed by atoms with Crippen molar-refractivity contribution in [2.24, 2.45) is 0 Å². The maximum absolute atomic E-state index is 12.5. The van der Waals surface area contributed by atoms with E-state index >= 15 is 0 Å². The van der Waals surface area contributed by atoms with Gasteiger partial charge in [-0.1, -0.05) is 331 Å². The average Bonchev–Trinajstić information content (AvgIpc) is 3.47. The molecule has 0 aromatic rings. The summed E-state index contributed by atoms with van der Waals surface area (Å²) in [5.74, 6) is -0.0591. The van der Waals surface area contributed by atoms with E-state index in [0.29, 0.717) is 19.4 Å². The van der Waals surface area contributed by atoms with Crippen LogP contribution in [-0.2, 0) is 14.3 Å². The van der Waals surface area contributed by atoms with Crippen LogP contribution in [0.2, 0.25) is 0 Å². The fraction of sp³-hybridized carbons (Fsp3) is 0.840. The first-order chi connectivity index (χ1) is 40.0. The van der Waals surface area contributed by atoms with Gasteiger partial charge < -0.3 is 20.3 Å². The van der Waals surface area contributed by atoms with E-state index in [4.69, 9.17) is 4.74 Å². The van der Waals surface area contributed by atoms with Gasteiger partial charge in [-0.15, -0.1) is 0 Å². The second-order valence-electron chi connectivity index (χ2n) is 24.6. The van der Waals surface area contributed by atoms with Crippen molar-refractivity contribution in [1.29, 1.82) is 0 Å². The van der Waals surface area contributed by atoms with E-state index in [2.05, 4.69) is 67.8 Å². The van der Waals surface area contributed by atoms with E-state index < -0.39 is 12.1 Å². The fourth-order valence-electron chi connectivity index (χ4n) is 11.0. The highest BCUT2D eigenvalue weighted by Crippen LogP contribution is 2.18. The van der Waals surface area contributed by atoms with E-state index in [1.165, 1.54) is 295 Å². The lowest BCUT2D eigenvalue weighted by Crippen LogP contribution is -2.45. The highest BCUT2D eigenvalue weighted by Gasteiger charge is 2.18. The average molecular weight is 1130 g/mol. The summed E-state index contributed by atoms with van der Waals surface area (Å²) < 4.78 is 5.50. The first-order valence-electron chi connectivity index (χ1n) is 36.1. The molecule has 474 valence electrons. The predicted octanol–water partition coefficient (Wildman–Crippen LogP) is 23.4. The van der Waals surface area contributed by atoms with Gasteiger partial charge in [-0.3, -0.25) is 9.59 Å². The molecule has 2 atom stereocenters. The largest absolute Gasteiger partial charge is 0.466 e. The number of hydrogen-bond acceptors (Lipinski definition) is 5. The Morgan fingerprint density at radius 2 is 0.617 bits per heavy atom. The molecule has 0 aromatic heterocycles. The molecular weight excluding hydrogens is 995 g/mol. The fourth-order valence-corrected chi connectivity index (χ4v) is 11.0. The smallest absolute Gasteiger partial charge is 0.305 e. The summed E-state index contributed by atoms with van der Waals surface area (Å²) in [5, 5.41) is 23.1. The van der Waals surface area contributed by atoms with Gasteiger partial charge in [0.2, 0.25) is 5.91 Å². The Morgan fingerprint density at radius 3 is 0.951 bits per heavy atom. The standard InChI is InChI=1S/C75H139NO5/c1-3-5-7-9-11-13-15-17-18-19-38-41-45-49-53-57-61-65-69-75(80)81-70-66-62-58-54-50-46-42-39-36-34-32-30-28-26-24-22-20-21-23-25-27-29-31-33-35-37-40-44-48-52-56-60-64-68-74(79)76-72(71-77)73(78)67-63-59-55-51-47-43-16-14-12-10-8-6-4-2/h13,15,18-19,24,26,30,32,63,67,72-73,77-78H,3-12,14,16-17,20-23,25,27-29,31,33-62,64-66,68-71H2,1-2H3,(H,76,79)/b15-13-,19-18-,26-24-,32-30-,67-63+. The second-order valence-corrected chi connectivity index (χ2v) is 24.6. The molecule has 3 N–H and O–H groups in total. The monoisotopic (exact) mass is 1130 g/mol. The van der Waals surface area contributed by atoms with Gasteiger partial charge in [0.15, 0.2) is 0 Å². The third-order valence-electron chi connectivity index (χ3n) is 16.5. The van der Waals surface area contributed by atoms with E-state index in [9.17, 15) is 19.8 Å². The minimum atomic E-state index is -0.843. The van der Waals surface area contributed by atoms with Crippen molar-refractivity contribution in [1.82, 2.24) is 5.32 Å². The summed E-state index contributed by atoms with van der Waals surface area (Å²) in [6, 6.07) is -0.627. The van der Waals surface area contributed by atoms with Gasteiger partial charge in [-0.05, 0) is 96.3 Å². The van der Waals surface area contributed by atoms with Crippen LogP contribution in [-0.4, -0.2) is 47.4 Å². The number of aliphatic hydroxyl groups excluding tert-OH is 2. The molecule has 2 unspecified atom stereocenters. The minimum absolute atomic E-state index is 0.00645. The van der Waals surface area contributed by atoms with Gasteiger partial charge in [0, 0.05) is 12.8 Å². The molecule has 0 spiro atoms. The van der Waals surface area contributed by atoms with Crippen LogP contribution >= 0.6 is 0 Å². The summed E-state index contributed by atoms with van der Waals surface area (Å²) in [4.78, 5) is 24.6. The van der Waals surface area contributed by atoms with Crippen LogP contribution in [0.15, 0.2) is 60.8 Å². The lowest BCUT2D eigenvalue weighted by molar-refractivity contribution is -0.143. The van der Waals surface area contributed by atoms with Gasteiger partial charge in [0.25, 0.3) is 0 Å². The van der Waals surface area contributed by atoms with Crippen molar-refractivity contribution in [2.45, 2.75) is 392 Å². The zero-order valence-electron chi connectivity index (χ0n) is 54.3. The van der Waals surface area contributed by atoms with Gasteiger partial charge in [0.1, 0.15) is 0 Å². The van der Waals surface area contributed by atoms with Crippen LogP contribution in [0.25, 0.3) is 0 Å². The number of amides is 1. The van der Waals surface area contributed by atoms with E-state index in [0.717, 1.165) is 57.8 Å². The molecule has 1 amide bonds. The number of allylic oxidation sites excluding steroid dienone is 9. The summed E-state index contributed by atoms with van der Waals surface area (Å²) in [6.45, 7) is 4.89. The lowest BCUT2D eigenvalue weighted by atomic mass is 10.0. The normalized spacial score (nSPS) is 12.9. The Hall–Kier alpha value is -2.44. The highest BCUT2D eigenvalue weighted by atomic mass is 16.5. The van der Waals surface area contributed by atoms with Gasteiger partial charge in [-0.2, -0.15) is 0 Å². The molecule has 0 fully saturated rings. The minimum Gasteiger partial charge on any atom is -0.466 e. The topological polar surface area (TPSA) is 95.9 Å². The maximum atomic E-state index is 12.5. The molecule has 0 rings (SSSR count). The molecule has 0 bridgehead atoms. The highest BCUT2D eigenvalue weighted by molar-refractivity contribution is 5.76. The molecule has 0 saturated heterocycles. The Morgan fingerprint density at radius 1 is 0.346 bits per heavy atom. The van der Waals surface area contributed by atoms with E-state index in [1.807, 2.05) is 6.08 Å². The van der Waals surface area contributed by atoms with Gasteiger partial charge in [-0.25, -0.2) is 0 Å².